The molecule has 0 radical (unpaired) electrons. The van der Waals surface area contributed by atoms with Gasteiger partial charge in [0.15, 0.2) is 0 Å². The van der Waals surface area contributed by atoms with Gasteiger partial charge in [-0.1, -0.05) is 12.1 Å². The number of ether oxygens (including phenoxy) is 3. The molecule has 1 aromatic carbocycles. The molecule has 0 bridgehead atoms. The summed E-state index contributed by atoms with van der Waals surface area (Å²) >= 11 is 0. The van der Waals surface area contributed by atoms with E-state index in [1.807, 2.05) is 24.3 Å². The number of aliphatic carboxylic acids is 1. The van der Waals surface area contributed by atoms with E-state index in [1.54, 1.807) is 6.92 Å². The standard InChI is InChI=1S/C21H32N2O8S/c1-2-30-21(26)23(14-20(24)25)16-29-11-4-12-32(27,28)22-10-9-17-5-3-6-19(13-17)31-15-18-7-8-18/h3,5-6,13,18,22H,2,4,7-12,14-16H2,1H3,(H,24,25). The van der Waals surface area contributed by atoms with Crippen LogP contribution in [0.2, 0.25) is 0 Å². The van der Waals surface area contributed by atoms with Crippen LogP contribution < -0.4 is 9.46 Å². The molecule has 0 heterocycles. The lowest BCUT2D eigenvalue weighted by molar-refractivity contribution is -0.139. The summed E-state index contributed by atoms with van der Waals surface area (Å²) < 4.78 is 42.6. The van der Waals surface area contributed by atoms with E-state index in [0.29, 0.717) is 12.3 Å². The van der Waals surface area contributed by atoms with E-state index in [2.05, 4.69) is 4.72 Å². The molecular weight excluding hydrogens is 440 g/mol. The van der Waals surface area contributed by atoms with Crippen molar-refractivity contribution in [3.63, 3.8) is 0 Å². The largest absolute Gasteiger partial charge is 0.493 e. The number of amides is 1. The zero-order chi connectivity index (χ0) is 23.4. The first-order valence-corrected chi connectivity index (χ1v) is 12.3. The zero-order valence-electron chi connectivity index (χ0n) is 18.3. The highest BCUT2D eigenvalue weighted by Crippen LogP contribution is 2.29. The average molecular weight is 473 g/mol. The lowest BCUT2D eigenvalue weighted by Crippen LogP contribution is -2.38. The molecule has 0 spiro atoms. The second kappa shape index (κ2) is 13.2. The third kappa shape index (κ3) is 10.8. The Morgan fingerprint density at radius 1 is 1.28 bits per heavy atom. The molecule has 0 unspecified atom stereocenters. The lowest BCUT2D eigenvalue weighted by atomic mass is 10.1. The summed E-state index contributed by atoms with van der Waals surface area (Å²) in [5, 5.41) is 8.84. The number of sulfonamides is 1. The fourth-order valence-electron chi connectivity index (χ4n) is 2.78. The van der Waals surface area contributed by atoms with Crippen LogP contribution in [0, 0.1) is 5.92 Å². The van der Waals surface area contributed by atoms with Crippen LogP contribution in [0.3, 0.4) is 0 Å². The zero-order valence-corrected chi connectivity index (χ0v) is 19.1. The van der Waals surface area contributed by atoms with Crippen LogP contribution in [0.1, 0.15) is 31.7 Å². The third-order valence-corrected chi connectivity index (χ3v) is 6.09. The molecule has 180 valence electrons. The molecule has 1 amide bonds. The molecule has 0 atom stereocenters. The molecule has 2 rings (SSSR count). The van der Waals surface area contributed by atoms with E-state index < -0.39 is 28.6 Å². The molecule has 1 aliphatic carbocycles. The van der Waals surface area contributed by atoms with Gasteiger partial charge in [0.25, 0.3) is 0 Å². The number of carboxylic acid groups (broad SMARTS) is 1. The summed E-state index contributed by atoms with van der Waals surface area (Å²) in [6.07, 6.45) is 2.38. The van der Waals surface area contributed by atoms with Crippen molar-refractivity contribution in [3.8, 4) is 5.75 Å². The van der Waals surface area contributed by atoms with Gasteiger partial charge in [-0.2, -0.15) is 0 Å². The topological polar surface area (TPSA) is 131 Å². The smallest absolute Gasteiger partial charge is 0.412 e. The minimum atomic E-state index is -3.48. The number of rotatable bonds is 16. The fourth-order valence-corrected chi connectivity index (χ4v) is 3.83. The Morgan fingerprint density at radius 2 is 2.06 bits per heavy atom. The van der Waals surface area contributed by atoms with E-state index in [9.17, 15) is 18.0 Å². The number of carboxylic acids is 1. The maximum absolute atomic E-state index is 12.2. The van der Waals surface area contributed by atoms with Crippen LogP contribution in [-0.2, 0) is 30.7 Å². The molecule has 10 nitrogen and oxygen atoms in total. The van der Waals surface area contributed by atoms with Crippen molar-refractivity contribution in [3.05, 3.63) is 29.8 Å². The van der Waals surface area contributed by atoms with Gasteiger partial charge in [-0.25, -0.2) is 17.9 Å². The summed E-state index contributed by atoms with van der Waals surface area (Å²) in [5.41, 5.74) is 0.988. The first kappa shape index (κ1) is 25.9. The summed E-state index contributed by atoms with van der Waals surface area (Å²) in [7, 11) is -3.48. The van der Waals surface area contributed by atoms with Crippen molar-refractivity contribution in [1.82, 2.24) is 9.62 Å². The first-order valence-electron chi connectivity index (χ1n) is 10.7. The molecule has 1 saturated carbocycles. The van der Waals surface area contributed by atoms with E-state index >= 15 is 0 Å². The van der Waals surface area contributed by atoms with Crippen LogP contribution in [0.5, 0.6) is 5.75 Å². The molecule has 32 heavy (non-hydrogen) atoms. The van der Waals surface area contributed by atoms with Crippen molar-refractivity contribution in [2.45, 2.75) is 32.6 Å². The molecule has 1 aliphatic rings. The SMILES string of the molecule is CCOC(=O)N(COCCCS(=O)(=O)NCCc1cccc(OCC2CC2)c1)CC(=O)O. The Labute approximate surface area is 188 Å². The van der Waals surface area contributed by atoms with Crippen molar-refractivity contribution in [2.75, 3.05) is 45.4 Å². The van der Waals surface area contributed by atoms with Gasteiger partial charge in [-0.05, 0) is 56.2 Å². The number of carbonyl (C=O) groups excluding carboxylic acids is 1. The van der Waals surface area contributed by atoms with Crippen LogP contribution in [0.4, 0.5) is 4.79 Å². The Balaban J connectivity index is 1.64. The number of nitrogens with one attached hydrogen (secondary N) is 1. The van der Waals surface area contributed by atoms with Crippen molar-refractivity contribution in [2.24, 2.45) is 5.92 Å². The molecule has 1 aromatic rings. The summed E-state index contributed by atoms with van der Waals surface area (Å²) in [5.74, 6) is 0.123. The quantitative estimate of drug-likeness (QED) is 0.275. The Kier molecular flexibility index (Phi) is 10.7. The van der Waals surface area contributed by atoms with Crippen molar-refractivity contribution in [1.29, 1.82) is 0 Å². The minimum absolute atomic E-state index is 0.0524. The van der Waals surface area contributed by atoms with E-state index in [1.165, 1.54) is 12.8 Å². The van der Waals surface area contributed by atoms with Gasteiger partial charge in [-0.3, -0.25) is 9.69 Å². The normalized spacial score (nSPS) is 13.5. The van der Waals surface area contributed by atoms with Crippen LogP contribution in [0.25, 0.3) is 0 Å². The molecule has 2 N–H and O–H groups in total. The van der Waals surface area contributed by atoms with Gasteiger partial charge >= 0.3 is 12.1 Å². The van der Waals surface area contributed by atoms with E-state index in [-0.39, 0.29) is 38.7 Å². The average Bonchev–Trinajstić information content (AvgIpc) is 3.56. The Bertz CT molecular complexity index is 842. The number of hydrogen-bond donors (Lipinski definition) is 2. The number of hydrogen-bond acceptors (Lipinski definition) is 7. The van der Waals surface area contributed by atoms with E-state index in [0.717, 1.165) is 22.8 Å². The highest BCUT2D eigenvalue weighted by atomic mass is 32.2. The number of nitrogens with zero attached hydrogens (tertiary/aromatic N) is 1. The monoisotopic (exact) mass is 472 g/mol. The minimum Gasteiger partial charge on any atom is -0.493 e. The van der Waals surface area contributed by atoms with Crippen LogP contribution in [-0.4, -0.2) is 75.9 Å². The van der Waals surface area contributed by atoms with Gasteiger partial charge in [0.2, 0.25) is 10.0 Å². The molecule has 11 heteroatoms. The first-order chi connectivity index (χ1) is 15.3. The molecule has 1 fully saturated rings. The van der Waals surface area contributed by atoms with E-state index in [4.69, 9.17) is 19.3 Å². The number of carbonyl (C=O) groups is 2. The van der Waals surface area contributed by atoms with Gasteiger partial charge in [0, 0.05) is 13.2 Å². The predicted molar refractivity (Wildman–Crippen MR) is 117 cm³/mol. The van der Waals surface area contributed by atoms with Crippen molar-refractivity contribution < 1.29 is 37.3 Å². The summed E-state index contributed by atoms with van der Waals surface area (Å²) in [6.45, 7) is 1.91. The van der Waals surface area contributed by atoms with Crippen LogP contribution in [0.15, 0.2) is 24.3 Å². The fraction of sp³-hybridized carbons (Fsp3) is 0.619. The highest BCUT2D eigenvalue weighted by Gasteiger charge is 2.22. The van der Waals surface area contributed by atoms with Gasteiger partial charge in [0.1, 0.15) is 19.0 Å². The Hall–Kier alpha value is -2.37. The summed E-state index contributed by atoms with van der Waals surface area (Å²) in [6, 6.07) is 7.65. The molecule has 0 aliphatic heterocycles. The van der Waals surface area contributed by atoms with Crippen LogP contribution >= 0.6 is 0 Å². The maximum atomic E-state index is 12.2. The predicted octanol–water partition coefficient (Wildman–Crippen LogP) is 1.84. The second-order valence-corrected chi connectivity index (χ2v) is 9.47. The number of benzene rings is 1. The second-order valence-electron chi connectivity index (χ2n) is 7.55. The van der Waals surface area contributed by atoms with Gasteiger partial charge in [0.05, 0.1) is 19.0 Å². The maximum Gasteiger partial charge on any atom is 0.412 e. The van der Waals surface area contributed by atoms with Crippen molar-refractivity contribution >= 4 is 22.1 Å². The lowest BCUT2D eigenvalue weighted by Gasteiger charge is -2.19. The highest BCUT2D eigenvalue weighted by molar-refractivity contribution is 7.89. The molecular formula is C21H32N2O8S. The Morgan fingerprint density at radius 3 is 2.75 bits per heavy atom. The third-order valence-electron chi connectivity index (χ3n) is 4.62. The van der Waals surface area contributed by atoms with Gasteiger partial charge < -0.3 is 19.3 Å². The molecule has 0 saturated heterocycles. The molecule has 0 aromatic heterocycles. The summed E-state index contributed by atoms with van der Waals surface area (Å²) in [4.78, 5) is 23.4. The van der Waals surface area contributed by atoms with Gasteiger partial charge in [-0.15, -0.1) is 0 Å².